The standard InChI is InChI=1S/C11H18N4O2/c1-8(11(16)15(2)3)12-7-9-5-6-10(17-4)14-13-9/h5-6,8,12H,7H2,1-4H3. The van der Waals surface area contributed by atoms with Gasteiger partial charge in [0.15, 0.2) is 0 Å². The van der Waals surface area contributed by atoms with E-state index in [-0.39, 0.29) is 11.9 Å². The first kappa shape index (κ1) is 13.4. The van der Waals surface area contributed by atoms with E-state index in [9.17, 15) is 4.79 Å². The van der Waals surface area contributed by atoms with E-state index in [0.717, 1.165) is 5.69 Å². The van der Waals surface area contributed by atoms with Crippen molar-refractivity contribution in [3.63, 3.8) is 0 Å². The monoisotopic (exact) mass is 238 g/mol. The topological polar surface area (TPSA) is 67.3 Å². The second-order valence-electron chi connectivity index (χ2n) is 3.90. The van der Waals surface area contributed by atoms with Crippen LogP contribution in [-0.2, 0) is 11.3 Å². The summed E-state index contributed by atoms with van der Waals surface area (Å²) in [4.78, 5) is 13.1. The zero-order chi connectivity index (χ0) is 12.8. The lowest BCUT2D eigenvalue weighted by molar-refractivity contribution is -0.130. The molecule has 0 aromatic carbocycles. The highest BCUT2D eigenvalue weighted by molar-refractivity contribution is 5.80. The Morgan fingerprint density at radius 2 is 2.18 bits per heavy atom. The number of ether oxygens (including phenoxy) is 1. The Labute approximate surface area is 101 Å². The lowest BCUT2D eigenvalue weighted by Crippen LogP contribution is -2.41. The molecule has 0 saturated heterocycles. The van der Waals surface area contributed by atoms with E-state index in [1.165, 1.54) is 0 Å². The van der Waals surface area contributed by atoms with Gasteiger partial charge >= 0.3 is 0 Å². The molecule has 1 aromatic rings. The average Bonchev–Trinajstić information content (AvgIpc) is 2.35. The van der Waals surface area contributed by atoms with Crippen LogP contribution in [0.2, 0.25) is 0 Å². The Morgan fingerprint density at radius 1 is 1.47 bits per heavy atom. The third kappa shape index (κ3) is 3.99. The molecule has 0 spiro atoms. The molecule has 1 atom stereocenters. The van der Waals surface area contributed by atoms with Crippen LogP contribution in [0, 0.1) is 0 Å². The van der Waals surface area contributed by atoms with Gasteiger partial charge < -0.3 is 15.0 Å². The number of carbonyl (C=O) groups is 1. The summed E-state index contributed by atoms with van der Waals surface area (Å²) in [6.45, 7) is 2.32. The average molecular weight is 238 g/mol. The summed E-state index contributed by atoms with van der Waals surface area (Å²) in [6, 6.07) is 3.31. The summed E-state index contributed by atoms with van der Waals surface area (Å²) in [5.41, 5.74) is 0.768. The van der Waals surface area contributed by atoms with Crippen molar-refractivity contribution in [1.29, 1.82) is 0 Å². The number of likely N-dealkylation sites (N-methyl/N-ethyl adjacent to an activating group) is 1. The van der Waals surface area contributed by atoms with Crippen LogP contribution in [0.4, 0.5) is 0 Å². The Hall–Kier alpha value is -1.69. The fourth-order valence-electron chi connectivity index (χ4n) is 1.28. The van der Waals surface area contributed by atoms with Crippen LogP contribution in [0.1, 0.15) is 12.6 Å². The van der Waals surface area contributed by atoms with Gasteiger partial charge in [-0.25, -0.2) is 0 Å². The largest absolute Gasteiger partial charge is 0.480 e. The van der Waals surface area contributed by atoms with E-state index in [2.05, 4.69) is 15.5 Å². The number of carbonyl (C=O) groups excluding carboxylic acids is 1. The van der Waals surface area contributed by atoms with Gasteiger partial charge in [-0.1, -0.05) is 0 Å². The van der Waals surface area contributed by atoms with Gasteiger partial charge in [-0.05, 0) is 13.0 Å². The molecular formula is C11H18N4O2. The SMILES string of the molecule is COc1ccc(CNC(C)C(=O)N(C)C)nn1. The van der Waals surface area contributed by atoms with E-state index in [1.54, 1.807) is 32.2 Å². The minimum Gasteiger partial charge on any atom is -0.480 e. The van der Waals surface area contributed by atoms with Crippen molar-refractivity contribution in [3.8, 4) is 5.88 Å². The zero-order valence-corrected chi connectivity index (χ0v) is 10.6. The van der Waals surface area contributed by atoms with Crippen molar-refractivity contribution in [3.05, 3.63) is 17.8 Å². The maximum atomic E-state index is 11.6. The first-order valence-corrected chi connectivity index (χ1v) is 5.35. The van der Waals surface area contributed by atoms with Crippen molar-refractivity contribution in [1.82, 2.24) is 20.4 Å². The van der Waals surface area contributed by atoms with E-state index in [4.69, 9.17) is 4.74 Å². The molecule has 1 rings (SSSR count). The fraction of sp³-hybridized carbons (Fsp3) is 0.545. The van der Waals surface area contributed by atoms with Crippen LogP contribution in [0.5, 0.6) is 5.88 Å². The Bertz CT molecular complexity index is 364. The molecule has 1 heterocycles. The molecule has 1 aromatic heterocycles. The first-order chi connectivity index (χ1) is 8.04. The maximum Gasteiger partial charge on any atom is 0.238 e. The molecule has 0 aliphatic heterocycles. The number of rotatable bonds is 5. The molecule has 1 unspecified atom stereocenters. The van der Waals surface area contributed by atoms with Crippen molar-refractivity contribution in [2.24, 2.45) is 0 Å². The lowest BCUT2D eigenvalue weighted by Gasteiger charge is -2.17. The quantitative estimate of drug-likeness (QED) is 0.785. The van der Waals surface area contributed by atoms with Gasteiger partial charge in [-0.3, -0.25) is 4.79 Å². The van der Waals surface area contributed by atoms with Gasteiger partial charge in [0.1, 0.15) is 0 Å². The number of hydrogen-bond acceptors (Lipinski definition) is 5. The summed E-state index contributed by atoms with van der Waals surface area (Å²) in [5.74, 6) is 0.512. The number of aromatic nitrogens is 2. The minimum atomic E-state index is -0.242. The summed E-state index contributed by atoms with van der Waals surface area (Å²) in [6.07, 6.45) is 0. The normalized spacial score (nSPS) is 12.0. The van der Waals surface area contributed by atoms with Crippen LogP contribution in [0.3, 0.4) is 0 Å². The van der Waals surface area contributed by atoms with Crippen molar-refractivity contribution < 1.29 is 9.53 Å². The summed E-state index contributed by atoms with van der Waals surface area (Å²) < 4.78 is 4.91. The Balaban J connectivity index is 2.47. The minimum absolute atomic E-state index is 0.0338. The predicted octanol–water partition coefficient (Wildman–Crippen LogP) is 0.0515. The van der Waals surface area contributed by atoms with Gasteiger partial charge in [0.25, 0.3) is 0 Å². The molecule has 1 amide bonds. The van der Waals surface area contributed by atoms with Gasteiger partial charge in [-0.2, -0.15) is 5.10 Å². The van der Waals surface area contributed by atoms with Gasteiger partial charge in [0.05, 0.1) is 18.8 Å². The third-order valence-corrected chi connectivity index (χ3v) is 2.31. The van der Waals surface area contributed by atoms with Gasteiger partial charge in [-0.15, -0.1) is 5.10 Å². The van der Waals surface area contributed by atoms with Crippen LogP contribution in [-0.4, -0.2) is 48.3 Å². The van der Waals surface area contributed by atoms with Crippen molar-refractivity contribution in [2.75, 3.05) is 21.2 Å². The summed E-state index contributed by atoms with van der Waals surface area (Å²) in [7, 11) is 5.00. The highest BCUT2D eigenvalue weighted by Gasteiger charge is 2.13. The Kier molecular flexibility index (Phi) is 4.84. The molecule has 0 saturated carbocycles. The third-order valence-electron chi connectivity index (χ3n) is 2.31. The highest BCUT2D eigenvalue weighted by Crippen LogP contribution is 2.03. The maximum absolute atomic E-state index is 11.6. The van der Waals surface area contributed by atoms with E-state index >= 15 is 0 Å². The second kappa shape index (κ2) is 6.15. The van der Waals surface area contributed by atoms with E-state index in [0.29, 0.717) is 12.4 Å². The number of nitrogens with zero attached hydrogens (tertiary/aromatic N) is 3. The van der Waals surface area contributed by atoms with Crippen LogP contribution < -0.4 is 10.1 Å². The zero-order valence-electron chi connectivity index (χ0n) is 10.6. The Morgan fingerprint density at radius 3 is 2.65 bits per heavy atom. The van der Waals surface area contributed by atoms with Crippen molar-refractivity contribution >= 4 is 5.91 Å². The molecule has 6 nitrogen and oxygen atoms in total. The van der Waals surface area contributed by atoms with E-state index < -0.39 is 0 Å². The highest BCUT2D eigenvalue weighted by atomic mass is 16.5. The number of amides is 1. The fourth-order valence-corrected chi connectivity index (χ4v) is 1.28. The van der Waals surface area contributed by atoms with Gasteiger partial charge in [0.2, 0.25) is 11.8 Å². The molecule has 0 aliphatic rings. The molecule has 94 valence electrons. The molecule has 17 heavy (non-hydrogen) atoms. The molecule has 0 radical (unpaired) electrons. The van der Waals surface area contributed by atoms with E-state index in [1.807, 2.05) is 13.0 Å². The lowest BCUT2D eigenvalue weighted by atomic mass is 10.3. The first-order valence-electron chi connectivity index (χ1n) is 5.35. The molecule has 0 aliphatic carbocycles. The smallest absolute Gasteiger partial charge is 0.238 e. The molecule has 0 fully saturated rings. The number of nitrogens with one attached hydrogen (secondary N) is 1. The summed E-state index contributed by atoms with van der Waals surface area (Å²) in [5, 5.41) is 10.9. The second-order valence-corrected chi connectivity index (χ2v) is 3.90. The van der Waals surface area contributed by atoms with Gasteiger partial charge in [0, 0.05) is 26.7 Å². The molecule has 0 bridgehead atoms. The molecule has 1 N–H and O–H groups in total. The summed E-state index contributed by atoms with van der Waals surface area (Å²) >= 11 is 0. The molecular weight excluding hydrogens is 220 g/mol. The number of hydrogen-bond donors (Lipinski definition) is 1. The van der Waals surface area contributed by atoms with Crippen LogP contribution in [0.25, 0.3) is 0 Å². The molecule has 6 heteroatoms. The van der Waals surface area contributed by atoms with Crippen LogP contribution in [0.15, 0.2) is 12.1 Å². The predicted molar refractivity (Wildman–Crippen MR) is 63.6 cm³/mol. The van der Waals surface area contributed by atoms with Crippen LogP contribution >= 0.6 is 0 Å². The number of methoxy groups -OCH3 is 1. The van der Waals surface area contributed by atoms with Crippen molar-refractivity contribution in [2.45, 2.75) is 19.5 Å².